The standard InChI is InChI=1S/C19H23NO6/c1-4-6-14(19(23)24)20-16(21)10-25-15-8-7-13-12(5-2)9-17(22)26-18(13)11(15)3/h7-9,14H,4-6,10H2,1-3H3,(H,20,21)(H,23,24)/t14-/m1/s1. The Hall–Kier alpha value is -2.83. The van der Waals surface area contributed by atoms with Crippen molar-refractivity contribution in [2.24, 2.45) is 0 Å². The highest BCUT2D eigenvalue weighted by Crippen LogP contribution is 2.28. The van der Waals surface area contributed by atoms with Gasteiger partial charge in [0.1, 0.15) is 17.4 Å². The molecule has 1 aromatic carbocycles. The molecule has 1 atom stereocenters. The molecule has 7 nitrogen and oxygen atoms in total. The molecule has 26 heavy (non-hydrogen) atoms. The summed E-state index contributed by atoms with van der Waals surface area (Å²) in [5, 5.41) is 12.3. The van der Waals surface area contributed by atoms with Crippen molar-refractivity contribution >= 4 is 22.8 Å². The number of hydrogen-bond acceptors (Lipinski definition) is 5. The van der Waals surface area contributed by atoms with E-state index in [1.165, 1.54) is 6.07 Å². The van der Waals surface area contributed by atoms with E-state index in [0.717, 1.165) is 10.9 Å². The SMILES string of the molecule is CCC[C@@H](NC(=O)COc1ccc2c(CC)cc(=O)oc2c1C)C(=O)O. The molecular formula is C19H23NO6. The van der Waals surface area contributed by atoms with Crippen LogP contribution in [0.5, 0.6) is 5.75 Å². The van der Waals surface area contributed by atoms with E-state index in [9.17, 15) is 14.4 Å². The van der Waals surface area contributed by atoms with Gasteiger partial charge < -0.3 is 19.6 Å². The lowest BCUT2D eigenvalue weighted by Crippen LogP contribution is -2.42. The maximum Gasteiger partial charge on any atom is 0.336 e. The molecule has 1 aromatic heterocycles. The molecule has 2 aromatic rings. The van der Waals surface area contributed by atoms with Crippen LogP contribution in [-0.2, 0) is 16.0 Å². The first kappa shape index (κ1) is 19.5. The Bertz CT molecular complexity index is 870. The van der Waals surface area contributed by atoms with Gasteiger partial charge in [0.15, 0.2) is 6.61 Å². The fraction of sp³-hybridized carbons (Fsp3) is 0.421. The summed E-state index contributed by atoms with van der Waals surface area (Å²) in [5.41, 5.74) is 1.50. The van der Waals surface area contributed by atoms with Crippen LogP contribution in [-0.4, -0.2) is 29.6 Å². The molecule has 0 aliphatic rings. The van der Waals surface area contributed by atoms with Crippen LogP contribution in [0, 0.1) is 6.92 Å². The number of carboxylic acid groups (broad SMARTS) is 1. The Labute approximate surface area is 151 Å². The van der Waals surface area contributed by atoms with Crippen LogP contribution >= 0.6 is 0 Å². The van der Waals surface area contributed by atoms with E-state index in [-0.39, 0.29) is 6.61 Å². The minimum atomic E-state index is -1.07. The zero-order chi connectivity index (χ0) is 19.3. The second kappa shape index (κ2) is 8.51. The maximum atomic E-state index is 12.0. The van der Waals surface area contributed by atoms with Crippen LogP contribution in [0.4, 0.5) is 0 Å². The molecule has 0 radical (unpaired) electrons. The van der Waals surface area contributed by atoms with Crippen LogP contribution in [0.2, 0.25) is 0 Å². The fourth-order valence-corrected chi connectivity index (χ4v) is 2.78. The highest BCUT2D eigenvalue weighted by molar-refractivity contribution is 5.86. The van der Waals surface area contributed by atoms with Crippen molar-refractivity contribution < 1.29 is 23.8 Å². The maximum absolute atomic E-state index is 12.0. The number of fused-ring (bicyclic) bond motifs is 1. The molecule has 2 rings (SSSR count). The number of ether oxygens (including phenoxy) is 1. The van der Waals surface area contributed by atoms with Crippen molar-refractivity contribution in [1.29, 1.82) is 0 Å². The van der Waals surface area contributed by atoms with Gasteiger partial charge in [-0.05, 0) is 37.5 Å². The van der Waals surface area contributed by atoms with Crippen molar-refractivity contribution in [2.75, 3.05) is 6.61 Å². The first-order valence-electron chi connectivity index (χ1n) is 8.58. The summed E-state index contributed by atoms with van der Waals surface area (Å²) in [6.45, 7) is 5.22. The number of aryl methyl sites for hydroxylation is 2. The number of carbonyl (C=O) groups excluding carboxylic acids is 1. The van der Waals surface area contributed by atoms with Crippen molar-refractivity contribution in [2.45, 2.75) is 46.1 Å². The lowest BCUT2D eigenvalue weighted by atomic mass is 10.0. The van der Waals surface area contributed by atoms with E-state index in [0.29, 0.717) is 36.2 Å². The molecule has 0 spiro atoms. The molecule has 0 saturated heterocycles. The number of rotatable bonds is 8. The summed E-state index contributed by atoms with van der Waals surface area (Å²) in [6, 6.07) is 4.04. The number of amides is 1. The third-order valence-corrected chi connectivity index (χ3v) is 4.15. The smallest absolute Gasteiger partial charge is 0.336 e. The van der Waals surface area contributed by atoms with E-state index in [2.05, 4.69) is 5.32 Å². The Morgan fingerprint density at radius 3 is 2.65 bits per heavy atom. The predicted octanol–water partition coefficient (Wildman–Crippen LogP) is 2.41. The van der Waals surface area contributed by atoms with E-state index >= 15 is 0 Å². The van der Waals surface area contributed by atoms with Crippen molar-refractivity contribution in [3.8, 4) is 5.75 Å². The molecule has 0 aliphatic carbocycles. The Kier molecular flexibility index (Phi) is 6.38. The number of benzene rings is 1. The normalized spacial score (nSPS) is 12.0. The van der Waals surface area contributed by atoms with E-state index in [1.807, 2.05) is 13.8 Å². The first-order chi connectivity index (χ1) is 12.4. The third kappa shape index (κ3) is 4.41. The second-order valence-corrected chi connectivity index (χ2v) is 6.05. The topological polar surface area (TPSA) is 106 Å². The van der Waals surface area contributed by atoms with Crippen molar-refractivity contribution in [3.05, 3.63) is 39.7 Å². The third-order valence-electron chi connectivity index (χ3n) is 4.15. The lowest BCUT2D eigenvalue weighted by Gasteiger charge is -2.15. The largest absolute Gasteiger partial charge is 0.483 e. The van der Waals surface area contributed by atoms with Crippen LogP contribution < -0.4 is 15.7 Å². The van der Waals surface area contributed by atoms with Crippen LogP contribution in [0.3, 0.4) is 0 Å². The van der Waals surface area contributed by atoms with Gasteiger partial charge in [0.05, 0.1) is 0 Å². The Morgan fingerprint density at radius 1 is 1.31 bits per heavy atom. The molecule has 1 heterocycles. The zero-order valence-electron chi connectivity index (χ0n) is 15.1. The first-order valence-corrected chi connectivity index (χ1v) is 8.58. The summed E-state index contributed by atoms with van der Waals surface area (Å²) >= 11 is 0. The number of nitrogens with one attached hydrogen (secondary N) is 1. The molecule has 0 unspecified atom stereocenters. The van der Waals surface area contributed by atoms with Gasteiger partial charge in [-0.15, -0.1) is 0 Å². The predicted molar refractivity (Wildman–Crippen MR) is 96.6 cm³/mol. The lowest BCUT2D eigenvalue weighted by molar-refractivity contribution is -0.142. The fourth-order valence-electron chi connectivity index (χ4n) is 2.78. The van der Waals surface area contributed by atoms with Crippen LogP contribution in [0.25, 0.3) is 11.0 Å². The van der Waals surface area contributed by atoms with Gasteiger partial charge in [0.25, 0.3) is 5.91 Å². The van der Waals surface area contributed by atoms with Gasteiger partial charge in [-0.2, -0.15) is 0 Å². The number of carboxylic acids is 1. The molecule has 7 heteroatoms. The molecule has 140 valence electrons. The average Bonchev–Trinajstić information content (AvgIpc) is 2.60. The van der Waals surface area contributed by atoms with E-state index in [4.69, 9.17) is 14.3 Å². The zero-order valence-corrected chi connectivity index (χ0v) is 15.1. The minimum Gasteiger partial charge on any atom is -0.483 e. The minimum absolute atomic E-state index is 0.322. The molecule has 1 amide bonds. The van der Waals surface area contributed by atoms with E-state index < -0.39 is 23.5 Å². The highest BCUT2D eigenvalue weighted by Gasteiger charge is 2.19. The summed E-state index contributed by atoms with van der Waals surface area (Å²) < 4.78 is 10.8. The molecule has 0 bridgehead atoms. The summed E-state index contributed by atoms with van der Waals surface area (Å²) in [5.74, 6) is -1.18. The van der Waals surface area contributed by atoms with Gasteiger partial charge in [0.2, 0.25) is 0 Å². The quantitative estimate of drug-likeness (QED) is 0.700. The molecule has 2 N–H and O–H groups in total. The Balaban J connectivity index is 2.16. The van der Waals surface area contributed by atoms with Gasteiger partial charge in [-0.1, -0.05) is 20.3 Å². The monoisotopic (exact) mass is 361 g/mol. The summed E-state index contributed by atoms with van der Waals surface area (Å²) in [4.78, 5) is 34.8. The number of hydrogen-bond donors (Lipinski definition) is 2. The molecule has 0 aliphatic heterocycles. The highest BCUT2D eigenvalue weighted by atomic mass is 16.5. The van der Waals surface area contributed by atoms with Crippen LogP contribution in [0.1, 0.15) is 37.8 Å². The summed E-state index contributed by atoms with van der Waals surface area (Å²) in [6.07, 6.45) is 1.68. The number of carbonyl (C=O) groups is 2. The van der Waals surface area contributed by atoms with Gasteiger partial charge >= 0.3 is 11.6 Å². The van der Waals surface area contributed by atoms with E-state index in [1.54, 1.807) is 19.1 Å². The van der Waals surface area contributed by atoms with Crippen molar-refractivity contribution in [1.82, 2.24) is 5.32 Å². The second-order valence-electron chi connectivity index (χ2n) is 6.05. The molecule has 0 fully saturated rings. The Morgan fingerprint density at radius 2 is 2.04 bits per heavy atom. The average molecular weight is 361 g/mol. The van der Waals surface area contributed by atoms with Crippen LogP contribution in [0.15, 0.2) is 27.4 Å². The van der Waals surface area contributed by atoms with Gasteiger partial charge in [-0.25, -0.2) is 9.59 Å². The molecule has 0 saturated carbocycles. The summed E-state index contributed by atoms with van der Waals surface area (Å²) in [7, 11) is 0. The number of aliphatic carboxylic acids is 1. The van der Waals surface area contributed by atoms with Gasteiger partial charge in [0, 0.05) is 17.0 Å². The molecular weight excluding hydrogens is 338 g/mol. The van der Waals surface area contributed by atoms with Gasteiger partial charge in [-0.3, -0.25) is 4.79 Å². The van der Waals surface area contributed by atoms with Crippen molar-refractivity contribution in [3.63, 3.8) is 0 Å².